The number of rotatable bonds is 5. The summed E-state index contributed by atoms with van der Waals surface area (Å²) in [5.41, 5.74) is 0.965. The molecule has 17 heavy (non-hydrogen) atoms. The summed E-state index contributed by atoms with van der Waals surface area (Å²) < 4.78 is 13.1. The van der Waals surface area contributed by atoms with Gasteiger partial charge < -0.3 is 10.3 Å². The van der Waals surface area contributed by atoms with Crippen molar-refractivity contribution in [2.24, 2.45) is 0 Å². The maximum absolute atomic E-state index is 13.1. The Bertz CT molecular complexity index is 453. The van der Waals surface area contributed by atoms with Gasteiger partial charge in [0, 0.05) is 12.4 Å². The van der Waals surface area contributed by atoms with Crippen molar-refractivity contribution in [1.29, 1.82) is 0 Å². The summed E-state index contributed by atoms with van der Waals surface area (Å²) in [5, 5.41) is 3.34. The highest BCUT2D eigenvalue weighted by Crippen LogP contribution is 2.15. The van der Waals surface area contributed by atoms with Gasteiger partial charge in [-0.3, -0.25) is 0 Å². The predicted octanol–water partition coefficient (Wildman–Crippen LogP) is 2.44. The molecule has 0 saturated carbocycles. The highest BCUT2D eigenvalue weighted by atomic mass is 19.1. The third-order valence-electron chi connectivity index (χ3n) is 2.63. The van der Waals surface area contributed by atoms with Crippen LogP contribution in [0.4, 0.5) is 4.39 Å². The Morgan fingerprint density at radius 3 is 3.00 bits per heavy atom. The first kappa shape index (κ1) is 11.8. The van der Waals surface area contributed by atoms with Crippen molar-refractivity contribution in [2.75, 3.05) is 6.54 Å². The molecule has 2 aromatic rings. The van der Waals surface area contributed by atoms with Gasteiger partial charge in [-0.25, -0.2) is 9.37 Å². The van der Waals surface area contributed by atoms with Gasteiger partial charge in [0.1, 0.15) is 11.6 Å². The SMILES string of the molecule is CCNC(Cc1cccc(F)c1)c1ncc[nH]1. The summed E-state index contributed by atoms with van der Waals surface area (Å²) in [6.45, 7) is 2.89. The van der Waals surface area contributed by atoms with E-state index in [-0.39, 0.29) is 11.9 Å². The molecule has 3 nitrogen and oxygen atoms in total. The summed E-state index contributed by atoms with van der Waals surface area (Å²) in [6.07, 6.45) is 4.25. The van der Waals surface area contributed by atoms with Crippen molar-refractivity contribution < 1.29 is 4.39 Å². The number of halogens is 1. The average molecular weight is 233 g/mol. The zero-order valence-corrected chi connectivity index (χ0v) is 9.78. The zero-order chi connectivity index (χ0) is 12.1. The van der Waals surface area contributed by atoms with E-state index in [4.69, 9.17) is 0 Å². The van der Waals surface area contributed by atoms with E-state index in [0.717, 1.165) is 24.4 Å². The molecular weight excluding hydrogens is 217 g/mol. The van der Waals surface area contributed by atoms with Crippen LogP contribution in [0.2, 0.25) is 0 Å². The third kappa shape index (κ3) is 3.14. The highest BCUT2D eigenvalue weighted by Gasteiger charge is 2.13. The lowest BCUT2D eigenvalue weighted by molar-refractivity contribution is 0.524. The molecule has 0 bridgehead atoms. The van der Waals surface area contributed by atoms with Gasteiger partial charge >= 0.3 is 0 Å². The van der Waals surface area contributed by atoms with Crippen molar-refractivity contribution in [2.45, 2.75) is 19.4 Å². The number of likely N-dealkylation sites (N-methyl/N-ethyl adjacent to an activating group) is 1. The van der Waals surface area contributed by atoms with E-state index in [1.807, 2.05) is 13.0 Å². The standard InChI is InChI=1S/C13H16FN3/c1-2-15-12(13-16-6-7-17-13)9-10-4-3-5-11(14)8-10/h3-8,12,15H,2,9H2,1H3,(H,16,17). The third-order valence-corrected chi connectivity index (χ3v) is 2.63. The van der Waals surface area contributed by atoms with Crippen LogP contribution in [0.5, 0.6) is 0 Å². The molecule has 4 heteroatoms. The molecule has 2 rings (SSSR count). The summed E-state index contributed by atoms with van der Waals surface area (Å²) in [5.74, 6) is 0.688. The fourth-order valence-corrected chi connectivity index (χ4v) is 1.88. The van der Waals surface area contributed by atoms with Gasteiger partial charge in [-0.05, 0) is 30.7 Å². The van der Waals surface area contributed by atoms with Gasteiger partial charge in [0.25, 0.3) is 0 Å². The Hall–Kier alpha value is -1.68. The van der Waals surface area contributed by atoms with Gasteiger partial charge in [0.15, 0.2) is 0 Å². The van der Waals surface area contributed by atoms with Gasteiger partial charge in [-0.1, -0.05) is 19.1 Å². The average Bonchev–Trinajstić information content (AvgIpc) is 2.82. The van der Waals surface area contributed by atoms with Crippen LogP contribution >= 0.6 is 0 Å². The Morgan fingerprint density at radius 1 is 1.47 bits per heavy atom. The first-order valence-electron chi connectivity index (χ1n) is 5.76. The molecule has 0 spiro atoms. The van der Waals surface area contributed by atoms with Crippen LogP contribution < -0.4 is 5.32 Å². The number of imidazole rings is 1. The quantitative estimate of drug-likeness (QED) is 0.832. The topological polar surface area (TPSA) is 40.7 Å². The minimum Gasteiger partial charge on any atom is -0.347 e. The first-order chi connectivity index (χ1) is 8.29. The number of H-pyrrole nitrogens is 1. The molecule has 1 unspecified atom stereocenters. The molecule has 1 aromatic carbocycles. The fourth-order valence-electron chi connectivity index (χ4n) is 1.88. The van der Waals surface area contributed by atoms with Crippen LogP contribution in [-0.2, 0) is 6.42 Å². The molecule has 1 heterocycles. The number of hydrogen-bond acceptors (Lipinski definition) is 2. The van der Waals surface area contributed by atoms with Crippen LogP contribution in [-0.4, -0.2) is 16.5 Å². The summed E-state index contributed by atoms with van der Waals surface area (Å²) in [6, 6.07) is 6.77. The van der Waals surface area contributed by atoms with Crippen LogP contribution in [0.1, 0.15) is 24.4 Å². The number of hydrogen-bond donors (Lipinski definition) is 2. The van der Waals surface area contributed by atoms with Gasteiger partial charge in [-0.15, -0.1) is 0 Å². The second-order valence-corrected chi connectivity index (χ2v) is 3.92. The molecule has 1 atom stereocenters. The van der Waals surface area contributed by atoms with E-state index < -0.39 is 0 Å². The first-order valence-corrected chi connectivity index (χ1v) is 5.76. The summed E-state index contributed by atoms with van der Waals surface area (Å²) >= 11 is 0. The van der Waals surface area contributed by atoms with Crippen molar-refractivity contribution in [3.63, 3.8) is 0 Å². The summed E-state index contributed by atoms with van der Waals surface area (Å²) in [4.78, 5) is 7.33. The summed E-state index contributed by atoms with van der Waals surface area (Å²) in [7, 11) is 0. The van der Waals surface area contributed by atoms with Crippen molar-refractivity contribution >= 4 is 0 Å². The lowest BCUT2D eigenvalue weighted by Crippen LogP contribution is -2.24. The Morgan fingerprint density at radius 2 is 2.35 bits per heavy atom. The molecule has 0 aliphatic heterocycles. The molecule has 0 aliphatic rings. The van der Waals surface area contributed by atoms with Gasteiger partial charge in [0.2, 0.25) is 0 Å². The fraction of sp³-hybridized carbons (Fsp3) is 0.308. The van der Waals surface area contributed by atoms with E-state index in [2.05, 4.69) is 15.3 Å². The van der Waals surface area contributed by atoms with Crippen LogP contribution in [0.15, 0.2) is 36.7 Å². The largest absolute Gasteiger partial charge is 0.347 e. The van der Waals surface area contributed by atoms with E-state index in [1.165, 1.54) is 6.07 Å². The second-order valence-electron chi connectivity index (χ2n) is 3.92. The van der Waals surface area contributed by atoms with Gasteiger partial charge in [-0.2, -0.15) is 0 Å². The van der Waals surface area contributed by atoms with E-state index in [1.54, 1.807) is 24.5 Å². The molecule has 0 fully saturated rings. The minimum atomic E-state index is -0.197. The van der Waals surface area contributed by atoms with Crippen molar-refractivity contribution in [1.82, 2.24) is 15.3 Å². The van der Waals surface area contributed by atoms with E-state index in [0.29, 0.717) is 0 Å². The monoisotopic (exact) mass is 233 g/mol. The molecule has 0 amide bonds. The second kappa shape index (κ2) is 5.59. The number of nitrogens with zero attached hydrogens (tertiary/aromatic N) is 1. The Labute approximate surface area is 100 Å². The predicted molar refractivity (Wildman–Crippen MR) is 65.1 cm³/mol. The normalized spacial score (nSPS) is 12.6. The highest BCUT2D eigenvalue weighted by molar-refractivity contribution is 5.18. The number of aromatic nitrogens is 2. The lowest BCUT2D eigenvalue weighted by Gasteiger charge is -2.15. The zero-order valence-electron chi connectivity index (χ0n) is 9.78. The molecule has 0 aliphatic carbocycles. The van der Waals surface area contributed by atoms with Crippen LogP contribution in [0.25, 0.3) is 0 Å². The van der Waals surface area contributed by atoms with Crippen LogP contribution in [0.3, 0.4) is 0 Å². The minimum absolute atomic E-state index is 0.0943. The Balaban J connectivity index is 2.13. The molecule has 1 aromatic heterocycles. The maximum atomic E-state index is 13.1. The smallest absolute Gasteiger partial charge is 0.123 e. The number of benzene rings is 1. The molecule has 90 valence electrons. The number of aromatic amines is 1. The number of nitrogens with one attached hydrogen (secondary N) is 2. The molecule has 0 saturated heterocycles. The van der Waals surface area contributed by atoms with Crippen molar-refractivity contribution in [3.05, 3.63) is 53.9 Å². The maximum Gasteiger partial charge on any atom is 0.123 e. The Kier molecular flexibility index (Phi) is 3.88. The van der Waals surface area contributed by atoms with E-state index >= 15 is 0 Å². The van der Waals surface area contributed by atoms with Crippen molar-refractivity contribution in [3.8, 4) is 0 Å². The lowest BCUT2D eigenvalue weighted by atomic mass is 10.1. The molecule has 2 N–H and O–H groups in total. The van der Waals surface area contributed by atoms with Crippen LogP contribution in [0, 0.1) is 5.82 Å². The van der Waals surface area contributed by atoms with Gasteiger partial charge in [0.05, 0.1) is 6.04 Å². The molecular formula is C13H16FN3. The van der Waals surface area contributed by atoms with E-state index in [9.17, 15) is 4.39 Å². The molecule has 0 radical (unpaired) electrons.